The standard InChI is InChI=1S/C12H24N2/c1-2-12(7-4-8-12)14-10-11(9-13)5-3-6-11/h14H,2-10,13H2,1H3. The van der Waals surface area contributed by atoms with Crippen LogP contribution in [0.25, 0.3) is 0 Å². The third-order valence-electron chi connectivity index (χ3n) is 4.67. The van der Waals surface area contributed by atoms with Crippen LogP contribution in [-0.4, -0.2) is 18.6 Å². The fourth-order valence-corrected chi connectivity index (χ4v) is 2.76. The summed E-state index contributed by atoms with van der Waals surface area (Å²) < 4.78 is 0. The van der Waals surface area contributed by atoms with Gasteiger partial charge >= 0.3 is 0 Å². The molecule has 0 heterocycles. The smallest absolute Gasteiger partial charge is 0.0179 e. The van der Waals surface area contributed by atoms with E-state index in [1.165, 1.54) is 44.9 Å². The lowest BCUT2D eigenvalue weighted by Crippen LogP contribution is -2.56. The molecular formula is C12H24N2. The molecule has 0 aromatic rings. The minimum Gasteiger partial charge on any atom is -0.330 e. The molecule has 82 valence electrons. The molecule has 2 saturated carbocycles. The van der Waals surface area contributed by atoms with E-state index in [1.54, 1.807) is 0 Å². The van der Waals surface area contributed by atoms with E-state index in [-0.39, 0.29) is 0 Å². The SMILES string of the molecule is CCC1(NCC2(CN)CCC2)CCC1. The molecule has 0 spiro atoms. The monoisotopic (exact) mass is 196 g/mol. The second-order valence-corrected chi connectivity index (χ2v) is 5.40. The maximum Gasteiger partial charge on any atom is 0.0179 e. The first-order valence-corrected chi connectivity index (χ1v) is 6.19. The molecule has 2 aliphatic rings. The first-order chi connectivity index (χ1) is 6.74. The van der Waals surface area contributed by atoms with Crippen molar-refractivity contribution in [2.45, 2.75) is 57.4 Å². The largest absolute Gasteiger partial charge is 0.330 e. The molecule has 0 radical (unpaired) electrons. The molecule has 2 nitrogen and oxygen atoms in total. The zero-order chi connectivity index (χ0) is 10.1. The topological polar surface area (TPSA) is 38.0 Å². The number of nitrogens with one attached hydrogen (secondary N) is 1. The second kappa shape index (κ2) is 3.82. The highest BCUT2D eigenvalue weighted by atomic mass is 15.0. The average molecular weight is 196 g/mol. The van der Waals surface area contributed by atoms with Crippen molar-refractivity contribution in [3.8, 4) is 0 Å². The lowest BCUT2D eigenvalue weighted by atomic mass is 9.67. The van der Waals surface area contributed by atoms with Gasteiger partial charge in [-0.2, -0.15) is 0 Å². The molecule has 3 N–H and O–H groups in total. The third-order valence-corrected chi connectivity index (χ3v) is 4.67. The van der Waals surface area contributed by atoms with Gasteiger partial charge < -0.3 is 11.1 Å². The highest BCUT2D eigenvalue weighted by molar-refractivity contribution is 4.99. The van der Waals surface area contributed by atoms with E-state index < -0.39 is 0 Å². The van der Waals surface area contributed by atoms with Gasteiger partial charge in [-0.3, -0.25) is 0 Å². The quantitative estimate of drug-likeness (QED) is 0.706. The van der Waals surface area contributed by atoms with Crippen LogP contribution in [0, 0.1) is 5.41 Å². The number of nitrogens with two attached hydrogens (primary N) is 1. The summed E-state index contributed by atoms with van der Waals surface area (Å²) in [5.41, 5.74) is 6.83. The Balaban J connectivity index is 1.80. The minimum absolute atomic E-state index is 0.470. The van der Waals surface area contributed by atoms with Crippen LogP contribution in [0.2, 0.25) is 0 Å². The van der Waals surface area contributed by atoms with E-state index in [2.05, 4.69) is 12.2 Å². The summed E-state index contributed by atoms with van der Waals surface area (Å²) in [5.74, 6) is 0. The molecule has 0 bridgehead atoms. The fraction of sp³-hybridized carbons (Fsp3) is 1.00. The molecule has 0 atom stereocenters. The van der Waals surface area contributed by atoms with E-state index in [9.17, 15) is 0 Å². The van der Waals surface area contributed by atoms with Crippen molar-refractivity contribution in [3.05, 3.63) is 0 Å². The van der Waals surface area contributed by atoms with Gasteiger partial charge in [0.1, 0.15) is 0 Å². The molecule has 0 aromatic carbocycles. The second-order valence-electron chi connectivity index (χ2n) is 5.40. The Morgan fingerprint density at radius 2 is 1.79 bits per heavy atom. The summed E-state index contributed by atoms with van der Waals surface area (Å²) in [6.45, 7) is 4.35. The van der Waals surface area contributed by atoms with E-state index in [4.69, 9.17) is 5.73 Å². The van der Waals surface area contributed by atoms with E-state index in [0.717, 1.165) is 13.1 Å². The highest BCUT2D eigenvalue weighted by Crippen LogP contribution is 2.41. The Kier molecular flexibility index (Phi) is 2.85. The summed E-state index contributed by atoms with van der Waals surface area (Å²) in [7, 11) is 0. The molecule has 2 fully saturated rings. The van der Waals surface area contributed by atoms with Gasteiger partial charge in [0.05, 0.1) is 0 Å². The van der Waals surface area contributed by atoms with Crippen LogP contribution in [0.5, 0.6) is 0 Å². The molecule has 0 aliphatic heterocycles. The van der Waals surface area contributed by atoms with E-state index >= 15 is 0 Å². The zero-order valence-electron chi connectivity index (χ0n) is 9.44. The van der Waals surface area contributed by atoms with Crippen molar-refractivity contribution in [1.29, 1.82) is 0 Å². The van der Waals surface area contributed by atoms with Crippen molar-refractivity contribution in [2.24, 2.45) is 11.1 Å². The van der Waals surface area contributed by atoms with Gasteiger partial charge in [0.25, 0.3) is 0 Å². The summed E-state index contributed by atoms with van der Waals surface area (Å²) >= 11 is 0. The van der Waals surface area contributed by atoms with Crippen LogP contribution in [0.3, 0.4) is 0 Å². The van der Waals surface area contributed by atoms with Gasteiger partial charge in [0, 0.05) is 12.1 Å². The van der Waals surface area contributed by atoms with Crippen LogP contribution < -0.4 is 11.1 Å². The van der Waals surface area contributed by atoms with Gasteiger partial charge in [-0.05, 0) is 50.5 Å². The predicted octanol–water partition coefficient (Wildman–Crippen LogP) is 2.04. The Morgan fingerprint density at radius 1 is 1.14 bits per heavy atom. The molecule has 2 heteroatoms. The third kappa shape index (κ3) is 1.70. The lowest BCUT2D eigenvalue weighted by Gasteiger charge is -2.48. The van der Waals surface area contributed by atoms with Crippen molar-refractivity contribution >= 4 is 0 Å². The number of rotatable bonds is 5. The zero-order valence-corrected chi connectivity index (χ0v) is 9.44. The molecule has 2 rings (SSSR count). The predicted molar refractivity (Wildman–Crippen MR) is 60.2 cm³/mol. The average Bonchev–Trinajstić information content (AvgIpc) is 2.07. The lowest BCUT2D eigenvalue weighted by molar-refractivity contribution is 0.0921. The molecule has 0 saturated heterocycles. The molecule has 0 unspecified atom stereocenters. The first-order valence-electron chi connectivity index (χ1n) is 6.19. The van der Waals surface area contributed by atoms with Crippen molar-refractivity contribution in [1.82, 2.24) is 5.32 Å². The van der Waals surface area contributed by atoms with Crippen molar-refractivity contribution in [2.75, 3.05) is 13.1 Å². The maximum absolute atomic E-state index is 5.86. The van der Waals surface area contributed by atoms with E-state index in [1.807, 2.05) is 0 Å². The van der Waals surface area contributed by atoms with Crippen LogP contribution in [-0.2, 0) is 0 Å². The summed E-state index contributed by atoms with van der Waals surface area (Å²) in [5, 5.41) is 3.80. The van der Waals surface area contributed by atoms with Gasteiger partial charge in [-0.15, -0.1) is 0 Å². The first kappa shape index (κ1) is 10.4. The van der Waals surface area contributed by atoms with Gasteiger partial charge in [0.15, 0.2) is 0 Å². The molecule has 2 aliphatic carbocycles. The summed E-state index contributed by atoms with van der Waals surface area (Å²) in [4.78, 5) is 0. The number of hydrogen-bond acceptors (Lipinski definition) is 2. The Hall–Kier alpha value is -0.0800. The van der Waals surface area contributed by atoms with Crippen LogP contribution in [0.15, 0.2) is 0 Å². The molecule has 0 amide bonds. The minimum atomic E-state index is 0.470. The molecule has 0 aromatic heterocycles. The molecular weight excluding hydrogens is 172 g/mol. The van der Waals surface area contributed by atoms with E-state index in [0.29, 0.717) is 11.0 Å². The summed E-state index contributed by atoms with van der Waals surface area (Å²) in [6, 6.07) is 0. The summed E-state index contributed by atoms with van der Waals surface area (Å²) in [6.07, 6.45) is 9.53. The van der Waals surface area contributed by atoms with Gasteiger partial charge in [-0.25, -0.2) is 0 Å². The van der Waals surface area contributed by atoms with Gasteiger partial charge in [0.2, 0.25) is 0 Å². The normalized spacial score (nSPS) is 27.9. The Bertz CT molecular complexity index is 159. The fourth-order valence-electron chi connectivity index (χ4n) is 2.76. The van der Waals surface area contributed by atoms with Crippen LogP contribution >= 0.6 is 0 Å². The van der Waals surface area contributed by atoms with Crippen LogP contribution in [0.1, 0.15) is 51.9 Å². The van der Waals surface area contributed by atoms with Crippen molar-refractivity contribution < 1.29 is 0 Å². The van der Waals surface area contributed by atoms with Crippen molar-refractivity contribution in [3.63, 3.8) is 0 Å². The van der Waals surface area contributed by atoms with Crippen LogP contribution in [0.4, 0.5) is 0 Å². The highest BCUT2D eigenvalue weighted by Gasteiger charge is 2.40. The maximum atomic E-state index is 5.86. The molecule has 14 heavy (non-hydrogen) atoms. The Labute approximate surface area is 87.6 Å². The number of hydrogen-bond donors (Lipinski definition) is 2. The Morgan fingerprint density at radius 3 is 2.07 bits per heavy atom. The van der Waals surface area contributed by atoms with Gasteiger partial charge in [-0.1, -0.05) is 13.3 Å².